The molecule has 122 valence electrons. The Morgan fingerprint density at radius 3 is 2.91 bits per heavy atom. The highest BCUT2D eigenvalue weighted by molar-refractivity contribution is 5.91. The molecule has 0 unspecified atom stereocenters. The van der Waals surface area contributed by atoms with Crippen molar-refractivity contribution in [3.05, 3.63) is 24.5 Å². The maximum absolute atomic E-state index is 12.0. The van der Waals surface area contributed by atoms with Gasteiger partial charge in [-0.15, -0.1) is 0 Å². The molecule has 2 heterocycles. The summed E-state index contributed by atoms with van der Waals surface area (Å²) in [5, 5.41) is 11.8. The third-order valence-electron chi connectivity index (χ3n) is 4.05. The van der Waals surface area contributed by atoms with Crippen LogP contribution in [0.15, 0.2) is 24.5 Å². The number of hydrogen-bond donors (Lipinski definition) is 2. The largest absolute Gasteiger partial charge is 0.395 e. The predicted molar refractivity (Wildman–Crippen MR) is 86.6 cm³/mol. The Kier molecular flexibility index (Phi) is 6.76. The minimum atomic E-state index is -0.00628. The number of nitrogens with zero attached hydrogens (tertiary/aromatic N) is 3. The number of carbonyl (C=O) groups excluding carboxylic acids is 1. The number of rotatable bonds is 7. The number of carbonyl (C=O) groups is 1. The quantitative estimate of drug-likeness (QED) is 0.774. The summed E-state index contributed by atoms with van der Waals surface area (Å²) in [6, 6.07) is 3.64. The van der Waals surface area contributed by atoms with Crippen LogP contribution in [-0.4, -0.2) is 72.2 Å². The molecule has 1 saturated heterocycles. The van der Waals surface area contributed by atoms with Crippen molar-refractivity contribution in [2.24, 2.45) is 5.92 Å². The van der Waals surface area contributed by atoms with Crippen LogP contribution in [0.4, 0.5) is 5.69 Å². The van der Waals surface area contributed by atoms with Crippen molar-refractivity contribution in [1.29, 1.82) is 0 Å². The molecule has 6 heteroatoms. The van der Waals surface area contributed by atoms with Gasteiger partial charge < -0.3 is 15.3 Å². The van der Waals surface area contributed by atoms with Crippen molar-refractivity contribution in [1.82, 2.24) is 14.8 Å². The highest BCUT2D eigenvalue weighted by Crippen LogP contribution is 2.17. The summed E-state index contributed by atoms with van der Waals surface area (Å²) < 4.78 is 0. The van der Waals surface area contributed by atoms with Crippen LogP contribution in [0.1, 0.15) is 12.8 Å². The summed E-state index contributed by atoms with van der Waals surface area (Å²) in [4.78, 5) is 20.3. The first-order valence-corrected chi connectivity index (χ1v) is 7.89. The average molecular weight is 306 g/mol. The predicted octanol–water partition coefficient (Wildman–Crippen LogP) is 0.656. The number of piperidine rings is 1. The molecule has 1 aromatic rings. The molecular weight excluding hydrogens is 280 g/mol. The fourth-order valence-corrected chi connectivity index (χ4v) is 2.92. The topological polar surface area (TPSA) is 68.7 Å². The fraction of sp³-hybridized carbons (Fsp3) is 0.625. The maximum Gasteiger partial charge on any atom is 0.238 e. The van der Waals surface area contributed by atoms with Gasteiger partial charge in [0.15, 0.2) is 0 Å². The highest BCUT2D eigenvalue weighted by atomic mass is 16.3. The Labute approximate surface area is 132 Å². The highest BCUT2D eigenvalue weighted by Gasteiger charge is 2.20. The minimum Gasteiger partial charge on any atom is -0.395 e. The lowest BCUT2D eigenvalue weighted by atomic mass is 9.96. The van der Waals surface area contributed by atoms with Gasteiger partial charge in [0.25, 0.3) is 0 Å². The number of aliphatic hydroxyl groups is 1. The van der Waals surface area contributed by atoms with Gasteiger partial charge in [-0.3, -0.25) is 14.7 Å². The Balaban J connectivity index is 1.67. The van der Waals surface area contributed by atoms with Crippen LogP contribution >= 0.6 is 0 Å². The molecule has 0 aliphatic carbocycles. The molecule has 6 nitrogen and oxygen atoms in total. The first kappa shape index (κ1) is 16.9. The van der Waals surface area contributed by atoms with E-state index in [4.69, 9.17) is 5.11 Å². The average Bonchev–Trinajstić information content (AvgIpc) is 2.50. The maximum atomic E-state index is 12.0. The van der Waals surface area contributed by atoms with E-state index >= 15 is 0 Å². The van der Waals surface area contributed by atoms with Gasteiger partial charge in [0.2, 0.25) is 5.91 Å². The lowest BCUT2D eigenvalue weighted by Crippen LogP contribution is -2.40. The molecule has 0 radical (unpaired) electrons. The molecule has 2 N–H and O–H groups in total. The summed E-state index contributed by atoms with van der Waals surface area (Å²) in [6.45, 7) is 4.43. The first-order chi connectivity index (χ1) is 10.7. The van der Waals surface area contributed by atoms with Crippen molar-refractivity contribution in [3.63, 3.8) is 0 Å². The van der Waals surface area contributed by atoms with Crippen LogP contribution in [0.2, 0.25) is 0 Å². The lowest BCUT2D eigenvalue weighted by Gasteiger charge is -2.33. The smallest absolute Gasteiger partial charge is 0.238 e. The van der Waals surface area contributed by atoms with E-state index in [1.165, 1.54) is 0 Å². The molecule has 0 atom stereocenters. The molecule has 0 spiro atoms. The van der Waals surface area contributed by atoms with Gasteiger partial charge in [-0.1, -0.05) is 0 Å². The van der Waals surface area contributed by atoms with Crippen LogP contribution in [0.5, 0.6) is 0 Å². The molecule has 2 rings (SSSR count). The Bertz CT molecular complexity index is 447. The summed E-state index contributed by atoms with van der Waals surface area (Å²) in [5.41, 5.74) is 0.734. The van der Waals surface area contributed by atoms with E-state index in [-0.39, 0.29) is 12.5 Å². The zero-order chi connectivity index (χ0) is 15.8. The van der Waals surface area contributed by atoms with Crippen molar-refractivity contribution < 1.29 is 9.90 Å². The Morgan fingerprint density at radius 1 is 1.50 bits per heavy atom. The van der Waals surface area contributed by atoms with Crippen molar-refractivity contribution in [2.45, 2.75) is 12.8 Å². The number of nitrogens with one attached hydrogen (secondary N) is 1. The number of likely N-dealkylation sites (N-methyl/N-ethyl adjacent to an activating group) is 1. The molecular formula is C16H26N4O2. The molecule has 1 aliphatic heterocycles. The van der Waals surface area contributed by atoms with Crippen LogP contribution in [0, 0.1) is 5.92 Å². The number of β-amino-alcohol motifs (C(OH)–C–C–N with tert-alkyl or cyclic N) is 1. The van der Waals surface area contributed by atoms with Crippen LogP contribution in [0.25, 0.3) is 0 Å². The first-order valence-electron chi connectivity index (χ1n) is 7.89. The standard InChI is InChI=1S/C16H26N4O2/c1-19(12-14-4-7-20(8-5-14)9-10-21)13-16(22)18-15-3-2-6-17-11-15/h2-3,6,11,14,21H,4-5,7-10,12-13H2,1H3,(H,18,22). The zero-order valence-corrected chi connectivity index (χ0v) is 13.2. The number of pyridine rings is 1. The summed E-state index contributed by atoms with van der Waals surface area (Å²) >= 11 is 0. The summed E-state index contributed by atoms with van der Waals surface area (Å²) in [6.07, 6.45) is 5.60. The molecule has 1 amide bonds. The van der Waals surface area contributed by atoms with Crippen molar-refractivity contribution >= 4 is 11.6 Å². The van der Waals surface area contributed by atoms with Gasteiger partial charge in [-0.05, 0) is 51.0 Å². The van der Waals surface area contributed by atoms with Gasteiger partial charge in [-0.25, -0.2) is 0 Å². The van der Waals surface area contributed by atoms with Crippen LogP contribution in [-0.2, 0) is 4.79 Å². The van der Waals surface area contributed by atoms with Gasteiger partial charge in [0, 0.05) is 19.3 Å². The summed E-state index contributed by atoms with van der Waals surface area (Å²) in [5.74, 6) is 0.624. The molecule has 22 heavy (non-hydrogen) atoms. The van der Waals surface area contributed by atoms with Crippen LogP contribution in [0.3, 0.4) is 0 Å². The summed E-state index contributed by atoms with van der Waals surface area (Å²) in [7, 11) is 1.99. The monoisotopic (exact) mass is 306 g/mol. The number of anilines is 1. The molecule has 0 saturated carbocycles. The SMILES string of the molecule is CN(CC(=O)Nc1cccnc1)CC1CCN(CCO)CC1. The zero-order valence-electron chi connectivity index (χ0n) is 13.2. The van der Waals surface area contributed by atoms with E-state index in [0.717, 1.165) is 44.7 Å². The fourth-order valence-electron chi connectivity index (χ4n) is 2.92. The second kappa shape index (κ2) is 8.82. The third kappa shape index (κ3) is 5.71. The second-order valence-electron chi connectivity index (χ2n) is 6.00. The molecule has 1 fully saturated rings. The van der Waals surface area contributed by atoms with Gasteiger partial charge in [0.1, 0.15) is 0 Å². The van der Waals surface area contributed by atoms with Gasteiger partial charge >= 0.3 is 0 Å². The van der Waals surface area contributed by atoms with Gasteiger partial charge in [-0.2, -0.15) is 0 Å². The van der Waals surface area contributed by atoms with E-state index < -0.39 is 0 Å². The van der Waals surface area contributed by atoms with E-state index in [1.807, 2.05) is 13.1 Å². The number of aliphatic hydroxyl groups excluding tert-OH is 1. The molecule has 0 aromatic carbocycles. The molecule has 0 bridgehead atoms. The minimum absolute atomic E-state index is 0.00628. The van der Waals surface area contributed by atoms with Crippen LogP contribution < -0.4 is 5.32 Å². The second-order valence-corrected chi connectivity index (χ2v) is 6.00. The van der Waals surface area contributed by atoms with Crippen molar-refractivity contribution in [3.8, 4) is 0 Å². The third-order valence-corrected chi connectivity index (χ3v) is 4.05. The number of aromatic nitrogens is 1. The van der Waals surface area contributed by atoms with E-state index in [2.05, 4.69) is 20.1 Å². The lowest BCUT2D eigenvalue weighted by molar-refractivity contribution is -0.117. The Morgan fingerprint density at radius 2 is 2.27 bits per heavy atom. The molecule has 1 aromatic heterocycles. The van der Waals surface area contributed by atoms with Gasteiger partial charge in [0.05, 0.1) is 25.0 Å². The normalized spacial score (nSPS) is 16.9. The number of hydrogen-bond acceptors (Lipinski definition) is 5. The van der Waals surface area contributed by atoms with E-state index in [9.17, 15) is 4.79 Å². The number of amides is 1. The van der Waals surface area contributed by atoms with E-state index in [0.29, 0.717) is 12.5 Å². The Hall–Kier alpha value is -1.50. The molecule has 1 aliphatic rings. The number of likely N-dealkylation sites (tertiary alicyclic amines) is 1. The van der Waals surface area contributed by atoms with Crippen molar-refractivity contribution in [2.75, 3.05) is 51.7 Å². The van der Waals surface area contributed by atoms with E-state index in [1.54, 1.807) is 18.5 Å².